The molecule has 1 atom stereocenters. The van der Waals surface area contributed by atoms with Gasteiger partial charge in [-0.1, -0.05) is 40.9 Å². The van der Waals surface area contributed by atoms with Crippen LogP contribution in [0.4, 0.5) is 0 Å². The van der Waals surface area contributed by atoms with E-state index in [1.807, 2.05) is 26.1 Å². The van der Waals surface area contributed by atoms with E-state index in [4.69, 9.17) is 39.5 Å². The largest absolute Gasteiger partial charge is 0.457 e. The molecule has 0 bridgehead atoms. The summed E-state index contributed by atoms with van der Waals surface area (Å²) < 4.78 is 5.88. The van der Waals surface area contributed by atoms with Crippen LogP contribution in [0.3, 0.4) is 0 Å². The van der Waals surface area contributed by atoms with Gasteiger partial charge in [0.25, 0.3) is 0 Å². The van der Waals surface area contributed by atoms with Gasteiger partial charge in [0, 0.05) is 22.7 Å². The molecule has 0 radical (unpaired) electrons. The van der Waals surface area contributed by atoms with E-state index in [9.17, 15) is 0 Å². The Morgan fingerprint density at radius 2 is 1.75 bits per heavy atom. The monoisotopic (exact) mass is 329 g/mol. The first-order valence-electron chi connectivity index (χ1n) is 6.11. The Balaban J connectivity index is 2.36. The predicted molar refractivity (Wildman–Crippen MR) is 85.5 cm³/mol. The molecule has 5 heteroatoms. The molecule has 106 valence electrons. The molecular formula is C15H14Cl3NO. The van der Waals surface area contributed by atoms with Crippen LogP contribution in [0.5, 0.6) is 11.5 Å². The molecule has 20 heavy (non-hydrogen) atoms. The minimum atomic E-state index is 0.144. The van der Waals surface area contributed by atoms with Gasteiger partial charge in [-0.3, -0.25) is 0 Å². The van der Waals surface area contributed by atoms with E-state index in [1.165, 1.54) is 0 Å². The highest BCUT2D eigenvalue weighted by atomic mass is 35.5. The van der Waals surface area contributed by atoms with Crippen LogP contribution in [-0.2, 0) is 0 Å². The van der Waals surface area contributed by atoms with E-state index < -0.39 is 0 Å². The van der Waals surface area contributed by atoms with E-state index in [2.05, 4.69) is 5.32 Å². The van der Waals surface area contributed by atoms with Crippen LogP contribution in [-0.4, -0.2) is 7.05 Å². The van der Waals surface area contributed by atoms with Crippen molar-refractivity contribution in [3.8, 4) is 11.5 Å². The Hall–Kier alpha value is -0.930. The first-order valence-corrected chi connectivity index (χ1v) is 7.24. The van der Waals surface area contributed by atoms with Gasteiger partial charge in [-0.2, -0.15) is 0 Å². The molecule has 2 aromatic carbocycles. The molecule has 1 N–H and O–H groups in total. The van der Waals surface area contributed by atoms with Crippen molar-refractivity contribution in [2.24, 2.45) is 0 Å². The smallest absolute Gasteiger partial charge is 0.133 e. The number of nitrogens with one attached hydrogen (secondary N) is 1. The van der Waals surface area contributed by atoms with Crippen molar-refractivity contribution in [1.82, 2.24) is 5.32 Å². The molecule has 2 aromatic rings. The summed E-state index contributed by atoms with van der Waals surface area (Å²) >= 11 is 17.9. The normalized spacial score (nSPS) is 12.2. The van der Waals surface area contributed by atoms with Crippen molar-refractivity contribution in [1.29, 1.82) is 0 Å². The maximum atomic E-state index is 6.04. The Morgan fingerprint density at radius 1 is 1.00 bits per heavy atom. The SMILES string of the molecule is CNC(C)c1ccc(Cl)cc1Oc1ccc(Cl)c(Cl)c1. The zero-order chi connectivity index (χ0) is 14.7. The van der Waals surface area contributed by atoms with E-state index in [0.29, 0.717) is 26.6 Å². The maximum Gasteiger partial charge on any atom is 0.133 e. The lowest BCUT2D eigenvalue weighted by Gasteiger charge is -2.17. The topological polar surface area (TPSA) is 21.3 Å². The van der Waals surface area contributed by atoms with E-state index in [-0.39, 0.29) is 6.04 Å². The lowest BCUT2D eigenvalue weighted by Crippen LogP contribution is -2.13. The highest BCUT2D eigenvalue weighted by Gasteiger charge is 2.12. The molecule has 0 aliphatic heterocycles. The molecule has 0 saturated heterocycles. The summed E-state index contributed by atoms with van der Waals surface area (Å²) in [4.78, 5) is 0. The Morgan fingerprint density at radius 3 is 2.40 bits per heavy atom. The number of hydrogen-bond acceptors (Lipinski definition) is 2. The number of halogens is 3. The first-order chi connectivity index (χ1) is 9.51. The van der Waals surface area contributed by atoms with Gasteiger partial charge in [0.1, 0.15) is 11.5 Å². The second-order valence-corrected chi connectivity index (χ2v) is 5.62. The first kappa shape index (κ1) is 15.5. The third-order valence-corrected chi connectivity index (χ3v) is 3.97. The van der Waals surface area contributed by atoms with E-state index >= 15 is 0 Å². The minimum absolute atomic E-state index is 0.144. The van der Waals surface area contributed by atoms with Gasteiger partial charge in [0.05, 0.1) is 10.0 Å². The van der Waals surface area contributed by atoms with Crippen LogP contribution in [0.15, 0.2) is 36.4 Å². The summed E-state index contributed by atoms with van der Waals surface area (Å²) in [7, 11) is 1.89. The summed E-state index contributed by atoms with van der Waals surface area (Å²) in [6.07, 6.45) is 0. The van der Waals surface area contributed by atoms with Crippen LogP contribution < -0.4 is 10.1 Å². The van der Waals surface area contributed by atoms with Crippen molar-refractivity contribution < 1.29 is 4.74 Å². The van der Waals surface area contributed by atoms with Gasteiger partial charge in [0.2, 0.25) is 0 Å². The molecule has 0 fully saturated rings. The standard InChI is InChI=1S/C15H14Cl3NO/c1-9(19-2)12-5-3-10(16)7-15(12)20-11-4-6-13(17)14(18)8-11/h3-9,19H,1-2H3. The summed E-state index contributed by atoms with van der Waals surface area (Å²) in [5, 5.41) is 4.74. The number of benzene rings is 2. The van der Waals surface area contributed by atoms with Crippen molar-refractivity contribution >= 4 is 34.8 Å². The van der Waals surface area contributed by atoms with E-state index in [0.717, 1.165) is 5.56 Å². The van der Waals surface area contributed by atoms with Gasteiger partial charge in [-0.25, -0.2) is 0 Å². The zero-order valence-electron chi connectivity index (χ0n) is 11.1. The maximum absolute atomic E-state index is 6.04. The summed E-state index contributed by atoms with van der Waals surface area (Å²) in [5.74, 6) is 1.31. The summed E-state index contributed by atoms with van der Waals surface area (Å²) in [5.41, 5.74) is 1.02. The van der Waals surface area contributed by atoms with Crippen molar-refractivity contribution in [3.63, 3.8) is 0 Å². The fraction of sp³-hybridized carbons (Fsp3) is 0.200. The van der Waals surface area contributed by atoms with Gasteiger partial charge in [-0.15, -0.1) is 0 Å². The summed E-state index contributed by atoms with van der Waals surface area (Å²) in [6, 6.07) is 10.9. The molecule has 0 saturated carbocycles. The number of rotatable bonds is 4. The molecular weight excluding hydrogens is 317 g/mol. The van der Waals surface area contributed by atoms with Gasteiger partial charge in [0.15, 0.2) is 0 Å². The molecule has 0 amide bonds. The lowest BCUT2D eigenvalue weighted by atomic mass is 10.1. The Kier molecular flexibility index (Phi) is 5.17. The van der Waals surface area contributed by atoms with Crippen LogP contribution in [0.25, 0.3) is 0 Å². The molecule has 0 heterocycles. The highest BCUT2D eigenvalue weighted by Crippen LogP contribution is 2.34. The molecule has 0 aliphatic rings. The second kappa shape index (κ2) is 6.68. The second-order valence-electron chi connectivity index (χ2n) is 4.37. The van der Waals surface area contributed by atoms with Gasteiger partial charge in [-0.05, 0) is 38.2 Å². The predicted octanol–water partition coefficient (Wildman–Crippen LogP) is 5.72. The molecule has 1 unspecified atom stereocenters. The van der Waals surface area contributed by atoms with Gasteiger partial charge >= 0.3 is 0 Å². The van der Waals surface area contributed by atoms with Gasteiger partial charge < -0.3 is 10.1 Å². The van der Waals surface area contributed by atoms with Crippen LogP contribution in [0.1, 0.15) is 18.5 Å². The quantitative estimate of drug-likeness (QED) is 0.774. The van der Waals surface area contributed by atoms with Crippen LogP contribution in [0.2, 0.25) is 15.1 Å². The van der Waals surface area contributed by atoms with Crippen molar-refractivity contribution in [2.75, 3.05) is 7.05 Å². The fourth-order valence-corrected chi connectivity index (χ4v) is 2.23. The van der Waals surface area contributed by atoms with Crippen LogP contribution in [0, 0.1) is 0 Å². The molecule has 0 spiro atoms. The lowest BCUT2D eigenvalue weighted by molar-refractivity contribution is 0.466. The third kappa shape index (κ3) is 3.58. The molecule has 2 rings (SSSR count). The molecule has 0 aliphatic carbocycles. The highest BCUT2D eigenvalue weighted by molar-refractivity contribution is 6.42. The van der Waals surface area contributed by atoms with Crippen molar-refractivity contribution in [3.05, 3.63) is 57.0 Å². The molecule has 2 nitrogen and oxygen atoms in total. The number of hydrogen-bond donors (Lipinski definition) is 1. The van der Waals surface area contributed by atoms with Crippen molar-refractivity contribution in [2.45, 2.75) is 13.0 Å². The fourth-order valence-electron chi connectivity index (χ4n) is 1.78. The average Bonchev–Trinajstić information content (AvgIpc) is 2.42. The van der Waals surface area contributed by atoms with E-state index in [1.54, 1.807) is 24.3 Å². The minimum Gasteiger partial charge on any atom is -0.457 e. The Labute approximate surface area is 133 Å². The summed E-state index contributed by atoms with van der Waals surface area (Å²) in [6.45, 7) is 2.05. The third-order valence-electron chi connectivity index (χ3n) is 2.99. The Bertz CT molecular complexity index is 616. The zero-order valence-corrected chi connectivity index (χ0v) is 13.4. The molecule has 0 aromatic heterocycles. The van der Waals surface area contributed by atoms with Crippen LogP contribution >= 0.6 is 34.8 Å². The average molecular weight is 331 g/mol. The number of ether oxygens (including phenoxy) is 1.